The third-order valence-corrected chi connectivity index (χ3v) is 4.06. The first-order valence-electron chi connectivity index (χ1n) is 9.19. The van der Waals surface area contributed by atoms with E-state index in [0.29, 0.717) is 28.6 Å². The number of carbonyl (C=O) groups is 2. The van der Waals surface area contributed by atoms with Crippen molar-refractivity contribution >= 4 is 17.5 Å². The van der Waals surface area contributed by atoms with Crippen molar-refractivity contribution in [1.29, 1.82) is 0 Å². The maximum absolute atomic E-state index is 12.1. The molecule has 31 heavy (non-hydrogen) atoms. The highest BCUT2D eigenvalue weighted by Crippen LogP contribution is 2.31. The van der Waals surface area contributed by atoms with Gasteiger partial charge in [0.1, 0.15) is 0 Å². The molecule has 1 aromatic carbocycles. The van der Waals surface area contributed by atoms with E-state index in [0.717, 1.165) is 0 Å². The lowest BCUT2D eigenvalue weighted by Crippen LogP contribution is -2.26. The summed E-state index contributed by atoms with van der Waals surface area (Å²) in [5.41, 5.74) is 3.40. The van der Waals surface area contributed by atoms with E-state index in [1.807, 2.05) is 0 Å². The molecule has 0 aliphatic rings. The molecule has 2 aromatic heterocycles. The van der Waals surface area contributed by atoms with Crippen LogP contribution in [0.4, 0.5) is 0 Å². The maximum Gasteiger partial charge on any atom is 0.307 e. The molecule has 11 heteroatoms. The van der Waals surface area contributed by atoms with Gasteiger partial charge in [-0.25, -0.2) is 5.43 Å². The van der Waals surface area contributed by atoms with Gasteiger partial charge in [-0.15, -0.1) is 0 Å². The predicted molar refractivity (Wildman–Crippen MR) is 109 cm³/mol. The summed E-state index contributed by atoms with van der Waals surface area (Å²) in [5, 5.41) is 10.4. The smallest absolute Gasteiger partial charge is 0.307 e. The summed E-state index contributed by atoms with van der Waals surface area (Å²) >= 11 is 0. The summed E-state index contributed by atoms with van der Waals surface area (Å²) in [4.78, 5) is 28.1. The number of hydrogen-bond acceptors (Lipinski definition) is 9. The third kappa shape index (κ3) is 5.69. The Morgan fingerprint density at radius 2 is 1.97 bits per heavy atom. The molecule has 0 saturated carbocycles. The largest absolute Gasteiger partial charge is 0.493 e. The molecular weight excluding hydrogens is 406 g/mol. The molecule has 0 fully saturated rings. The van der Waals surface area contributed by atoms with Crippen molar-refractivity contribution in [2.75, 3.05) is 14.2 Å². The average Bonchev–Trinajstić information content (AvgIpc) is 3.48. The fourth-order valence-electron chi connectivity index (χ4n) is 2.54. The number of hydrazone groups is 1. The number of furan rings is 1. The Morgan fingerprint density at radius 1 is 1.16 bits per heavy atom. The molecular formula is C20H21N5O6. The summed E-state index contributed by atoms with van der Waals surface area (Å²) < 4.78 is 20.6. The maximum atomic E-state index is 12.1. The van der Waals surface area contributed by atoms with E-state index in [9.17, 15) is 9.59 Å². The molecule has 3 rings (SSSR count). The van der Waals surface area contributed by atoms with Gasteiger partial charge in [-0.05, 0) is 37.3 Å². The summed E-state index contributed by atoms with van der Waals surface area (Å²) in [7, 11) is 3.08. The number of carbonyl (C=O) groups excluding carboxylic acids is 2. The zero-order valence-corrected chi connectivity index (χ0v) is 17.2. The minimum atomic E-state index is -0.502. The normalized spacial score (nSPS) is 11.1. The number of hydrogen-bond donors (Lipinski definition) is 2. The Balaban J connectivity index is 1.51. The summed E-state index contributed by atoms with van der Waals surface area (Å²) in [6, 6.07) is 8.33. The van der Waals surface area contributed by atoms with Crippen LogP contribution in [0.25, 0.3) is 11.4 Å². The van der Waals surface area contributed by atoms with E-state index in [4.69, 9.17) is 18.4 Å². The molecule has 11 nitrogen and oxygen atoms in total. The number of rotatable bonds is 9. The van der Waals surface area contributed by atoms with Gasteiger partial charge in [0.05, 0.1) is 33.4 Å². The van der Waals surface area contributed by atoms with Crippen LogP contribution in [0.1, 0.15) is 29.8 Å². The molecule has 2 heterocycles. The van der Waals surface area contributed by atoms with Gasteiger partial charge < -0.3 is 23.7 Å². The summed E-state index contributed by atoms with van der Waals surface area (Å²) in [6.07, 6.45) is 1.36. The second-order valence-corrected chi connectivity index (χ2v) is 6.30. The molecule has 0 saturated heterocycles. The van der Waals surface area contributed by atoms with Crippen molar-refractivity contribution in [3.05, 3.63) is 48.2 Å². The number of nitrogens with one attached hydrogen (secondary N) is 2. The van der Waals surface area contributed by atoms with Crippen molar-refractivity contribution in [2.24, 2.45) is 5.10 Å². The predicted octanol–water partition coefficient (Wildman–Crippen LogP) is 2.16. The molecule has 0 aliphatic carbocycles. The van der Waals surface area contributed by atoms with Crippen molar-refractivity contribution in [2.45, 2.75) is 19.9 Å². The van der Waals surface area contributed by atoms with E-state index in [-0.39, 0.29) is 30.5 Å². The average molecular weight is 427 g/mol. The minimum Gasteiger partial charge on any atom is -0.493 e. The van der Waals surface area contributed by atoms with Gasteiger partial charge in [0.2, 0.25) is 17.6 Å². The number of methoxy groups -OCH3 is 2. The first-order valence-corrected chi connectivity index (χ1v) is 9.19. The van der Waals surface area contributed by atoms with Crippen molar-refractivity contribution in [1.82, 2.24) is 20.9 Å². The van der Waals surface area contributed by atoms with Gasteiger partial charge in [0.15, 0.2) is 17.3 Å². The van der Waals surface area contributed by atoms with E-state index >= 15 is 0 Å². The van der Waals surface area contributed by atoms with Crippen LogP contribution in [0.3, 0.4) is 0 Å². The highest BCUT2D eigenvalue weighted by molar-refractivity contribution is 6.00. The van der Waals surface area contributed by atoms with Crippen LogP contribution in [0, 0.1) is 0 Å². The lowest BCUT2D eigenvalue weighted by Gasteiger charge is -2.07. The lowest BCUT2D eigenvalue weighted by molar-refractivity contribution is -0.120. The monoisotopic (exact) mass is 427 g/mol. The van der Waals surface area contributed by atoms with Crippen LogP contribution in [0.5, 0.6) is 11.5 Å². The van der Waals surface area contributed by atoms with Crippen LogP contribution in [0.15, 0.2) is 50.6 Å². The van der Waals surface area contributed by atoms with Gasteiger partial charge in [0, 0.05) is 11.3 Å². The fourth-order valence-corrected chi connectivity index (χ4v) is 2.54. The highest BCUT2D eigenvalue weighted by atomic mass is 16.5. The lowest BCUT2D eigenvalue weighted by atomic mass is 10.2. The first-order chi connectivity index (χ1) is 15.0. The van der Waals surface area contributed by atoms with E-state index in [1.54, 1.807) is 38.3 Å². The molecule has 0 aliphatic heterocycles. The fraction of sp³-hybridized carbons (Fsp3) is 0.250. The number of ether oxygens (including phenoxy) is 2. The molecule has 3 aromatic rings. The molecule has 0 bridgehead atoms. The minimum absolute atomic E-state index is 0.0187. The second kappa shape index (κ2) is 10.1. The van der Waals surface area contributed by atoms with Gasteiger partial charge in [-0.1, -0.05) is 5.16 Å². The van der Waals surface area contributed by atoms with Crippen LogP contribution in [0.2, 0.25) is 0 Å². The summed E-state index contributed by atoms with van der Waals surface area (Å²) in [5.74, 6) is 1.01. The van der Waals surface area contributed by atoms with Crippen molar-refractivity contribution in [3.63, 3.8) is 0 Å². The Bertz CT molecular complexity index is 1070. The number of amides is 2. The Kier molecular flexibility index (Phi) is 6.99. The Hall–Kier alpha value is -4.15. The Labute approximate surface area is 177 Å². The quantitative estimate of drug-likeness (QED) is 0.391. The molecule has 2 N–H and O–H groups in total. The topological polar surface area (TPSA) is 141 Å². The summed E-state index contributed by atoms with van der Waals surface area (Å²) in [6.45, 7) is 1.66. The van der Waals surface area contributed by atoms with Gasteiger partial charge in [-0.3, -0.25) is 9.59 Å². The van der Waals surface area contributed by atoms with Crippen LogP contribution in [-0.4, -0.2) is 41.9 Å². The SMILES string of the molecule is COc1ccc(-c2noc(CNC(=O)C/C(C)=N\NC(=O)c3ccco3)n2)cc1OC. The molecule has 2 amide bonds. The number of nitrogens with zero attached hydrogens (tertiary/aromatic N) is 3. The molecule has 162 valence electrons. The molecule has 0 radical (unpaired) electrons. The van der Waals surface area contributed by atoms with Crippen LogP contribution < -0.4 is 20.2 Å². The number of benzene rings is 1. The van der Waals surface area contributed by atoms with Crippen molar-refractivity contribution in [3.8, 4) is 22.9 Å². The van der Waals surface area contributed by atoms with Crippen LogP contribution in [-0.2, 0) is 11.3 Å². The Morgan fingerprint density at radius 3 is 2.68 bits per heavy atom. The van der Waals surface area contributed by atoms with E-state index in [1.165, 1.54) is 19.4 Å². The molecule has 0 unspecified atom stereocenters. The van der Waals surface area contributed by atoms with Gasteiger partial charge >= 0.3 is 5.91 Å². The van der Waals surface area contributed by atoms with E-state index in [2.05, 4.69) is 26.0 Å². The van der Waals surface area contributed by atoms with Crippen molar-refractivity contribution < 1.29 is 28.0 Å². The molecule has 0 spiro atoms. The van der Waals surface area contributed by atoms with E-state index < -0.39 is 5.91 Å². The number of aromatic nitrogens is 2. The van der Waals surface area contributed by atoms with Crippen LogP contribution >= 0.6 is 0 Å². The second-order valence-electron chi connectivity index (χ2n) is 6.30. The first kappa shape index (κ1) is 21.6. The standard InChI is InChI=1S/C20H21N5O6/c1-12(23-24-20(27)15-5-4-8-30-15)9-17(26)21-11-18-22-19(25-31-18)13-6-7-14(28-2)16(10-13)29-3/h4-8,10H,9,11H2,1-3H3,(H,21,26)(H,24,27)/b23-12-. The molecule has 0 atom stereocenters. The zero-order chi connectivity index (χ0) is 22.2. The van der Waals surface area contributed by atoms with Gasteiger partial charge in [0.25, 0.3) is 0 Å². The third-order valence-electron chi connectivity index (χ3n) is 4.06. The highest BCUT2D eigenvalue weighted by Gasteiger charge is 2.13. The van der Waals surface area contributed by atoms with Gasteiger partial charge in [-0.2, -0.15) is 10.1 Å². The zero-order valence-electron chi connectivity index (χ0n) is 17.2.